The highest BCUT2D eigenvalue weighted by Gasteiger charge is 2.25. The number of likely N-dealkylation sites (N-methyl/N-ethyl adjacent to an activating group) is 2. The fraction of sp³-hybridized carbons (Fsp3) is 0.400. The van der Waals surface area contributed by atoms with Crippen LogP contribution in [0.2, 0.25) is 0 Å². The van der Waals surface area contributed by atoms with Gasteiger partial charge in [0.25, 0.3) is 0 Å². The van der Waals surface area contributed by atoms with Crippen LogP contribution in [-0.2, 0) is 20.8 Å². The van der Waals surface area contributed by atoms with Gasteiger partial charge >= 0.3 is 0 Å². The summed E-state index contributed by atoms with van der Waals surface area (Å²) < 4.78 is 0. The highest BCUT2D eigenvalue weighted by molar-refractivity contribution is 5.88. The number of rotatable bonds is 7. The number of carbonyl (C=O) groups excluding carboxylic acids is 3. The Labute approximate surface area is 124 Å². The fourth-order valence-corrected chi connectivity index (χ4v) is 2.07. The Morgan fingerprint density at radius 3 is 2.71 bits per heavy atom. The maximum Gasteiger partial charge on any atom is 0.242 e. The zero-order valence-corrected chi connectivity index (χ0v) is 12.3. The predicted molar refractivity (Wildman–Crippen MR) is 80.5 cm³/mol. The van der Waals surface area contributed by atoms with Crippen LogP contribution in [0, 0.1) is 0 Å². The van der Waals surface area contributed by atoms with E-state index in [1.54, 1.807) is 25.2 Å². The molecule has 1 atom stereocenters. The summed E-state index contributed by atoms with van der Waals surface area (Å²) in [7, 11) is 3.08. The van der Waals surface area contributed by atoms with Gasteiger partial charge in [-0.3, -0.25) is 9.59 Å². The van der Waals surface area contributed by atoms with Crippen molar-refractivity contribution >= 4 is 23.8 Å². The summed E-state index contributed by atoms with van der Waals surface area (Å²) in [4.78, 5) is 36.0. The van der Waals surface area contributed by atoms with Crippen molar-refractivity contribution in [1.29, 1.82) is 0 Å². The Morgan fingerprint density at radius 2 is 2.14 bits per heavy atom. The van der Waals surface area contributed by atoms with Crippen LogP contribution in [0.1, 0.15) is 18.4 Å². The minimum Gasteiger partial charge on any atom is -0.399 e. The van der Waals surface area contributed by atoms with Gasteiger partial charge in [0.2, 0.25) is 11.8 Å². The summed E-state index contributed by atoms with van der Waals surface area (Å²) in [5.41, 5.74) is 7.06. The van der Waals surface area contributed by atoms with Crippen LogP contribution in [0.5, 0.6) is 0 Å². The molecule has 1 unspecified atom stereocenters. The quantitative estimate of drug-likeness (QED) is 0.560. The van der Waals surface area contributed by atoms with Gasteiger partial charge in [0.05, 0.1) is 6.42 Å². The van der Waals surface area contributed by atoms with Crippen LogP contribution in [0.4, 0.5) is 5.69 Å². The molecule has 0 aliphatic heterocycles. The number of carbonyl (C=O) groups is 3. The van der Waals surface area contributed by atoms with Crippen LogP contribution < -0.4 is 11.1 Å². The van der Waals surface area contributed by atoms with Crippen molar-refractivity contribution < 1.29 is 14.4 Å². The first-order valence-electron chi connectivity index (χ1n) is 6.75. The zero-order valence-electron chi connectivity index (χ0n) is 12.3. The summed E-state index contributed by atoms with van der Waals surface area (Å²) in [6, 6.07) is 6.42. The molecule has 0 bridgehead atoms. The minimum absolute atomic E-state index is 0.163. The first-order valence-corrected chi connectivity index (χ1v) is 6.75. The molecular weight excluding hydrogens is 270 g/mol. The molecule has 21 heavy (non-hydrogen) atoms. The number of anilines is 1. The highest BCUT2D eigenvalue weighted by atomic mass is 16.2. The van der Waals surface area contributed by atoms with E-state index in [1.165, 1.54) is 11.9 Å². The number of nitrogens with zero attached hydrogens (tertiary/aromatic N) is 1. The lowest BCUT2D eigenvalue weighted by atomic mass is 10.1. The minimum atomic E-state index is -0.645. The van der Waals surface area contributed by atoms with Gasteiger partial charge in [0, 0.05) is 26.2 Å². The van der Waals surface area contributed by atoms with Crippen molar-refractivity contribution in [2.24, 2.45) is 0 Å². The largest absolute Gasteiger partial charge is 0.399 e. The lowest BCUT2D eigenvalue weighted by molar-refractivity contribution is -0.138. The van der Waals surface area contributed by atoms with Gasteiger partial charge in [-0.1, -0.05) is 12.1 Å². The highest BCUT2D eigenvalue weighted by Crippen LogP contribution is 2.11. The van der Waals surface area contributed by atoms with Crippen molar-refractivity contribution in [1.82, 2.24) is 10.2 Å². The number of nitrogens with one attached hydrogen (secondary N) is 1. The number of hydrogen-bond acceptors (Lipinski definition) is 4. The van der Waals surface area contributed by atoms with E-state index in [2.05, 4.69) is 5.32 Å². The smallest absolute Gasteiger partial charge is 0.242 e. The van der Waals surface area contributed by atoms with E-state index in [-0.39, 0.29) is 24.7 Å². The van der Waals surface area contributed by atoms with Gasteiger partial charge in [-0.15, -0.1) is 0 Å². The molecule has 2 amide bonds. The number of amides is 2. The first-order chi connectivity index (χ1) is 9.99. The van der Waals surface area contributed by atoms with Gasteiger partial charge in [-0.2, -0.15) is 0 Å². The second kappa shape index (κ2) is 8.04. The summed E-state index contributed by atoms with van der Waals surface area (Å²) in [6.07, 6.45) is 1.44. The van der Waals surface area contributed by atoms with Crippen LogP contribution in [0.15, 0.2) is 24.3 Å². The molecule has 6 heteroatoms. The van der Waals surface area contributed by atoms with Crippen LogP contribution >= 0.6 is 0 Å². The van der Waals surface area contributed by atoms with Crippen molar-refractivity contribution in [3.05, 3.63) is 29.8 Å². The third-order valence-corrected chi connectivity index (χ3v) is 3.27. The Kier molecular flexibility index (Phi) is 6.39. The van der Waals surface area contributed by atoms with Gasteiger partial charge in [0.15, 0.2) is 0 Å². The molecule has 1 aromatic carbocycles. The molecule has 0 aromatic heterocycles. The number of nitrogens with two attached hydrogens (primary N) is 1. The predicted octanol–water partition coefficient (Wildman–Crippen LogP) is 0.363. The van der Waals surface area contributed by atoms with Crippen molar-refractivity contribution in [3.8, 4) is 0 Å². The molecule has 0 heterocycles. The summed E-state index contributed by atoms with van der Waals surface area (Å²) >= 11 is 0. The summed E-state index contributed by atoms with van der Waals surface area (Å²) in [5, 5.41) is 2.51. The maximum atomic E-state index is 12.3. The maximum absolute atomic E-state index is 12.3. The molecule has 3 N–H and O–H groups in total. The van der Waals surface area contributed by atoms with Gasteiger partial charge in [0.1, 0.15) is 12.3 Å². The van der Waals surface area contributed by atoms with Crippen LogP contribution in [0.25, 0.3) is 0 Å². The normalized spacial score (nSPS) is 11.5. The Morgan fingerprint density at radius 1 is 1.43 bits per heavy atom. The Bertz CT molecular complexity index is 517. The zero-order chi connectivity index (χ0) is 15.8. The number of nitrogen functional groups attached to an aromatic ring is 1. The number of hydrogen-bond donors (Lipinski definition) is 2. The number of aldehydes is 1. The molecule has 0 radical (unpaired) electrons. The molecule has 114 valence electrons. The fourth-order valence-electron chi connectivity index (χ4n) is 2.07. The summed E-state index contributed by atoms with van der Waals surface area (Å²) in [6.45, 7) is 0. The molecule has 0 fully saturated rings. The molecule has 0 spiro atoms. The second-order valence-electron chi connectivity index (χ2n) is 4.80. The van der Waals surface area contributed by atoms with E-state index in [4.69, 9.17) is 5.73 Å². The monoisotopic (exact) mass is 291 g/mol. The Balaban J connectivity index is 2.77. The van der Waals surface area contributed by atoms with Gasteiger partial charge < -0.3 is 20.7 Å². The lowest BCUT2D eigenvalue weighted by Gasteiger charge is -2.26. The SMILES string of the molecule is CNC(=O)C(CCC=O)N(C)C(=O)Cc1cccc(N)c1. The third kappa shape index (κ3) is 4.91. The van der Waals surface area contributed by atoms with Crippen LogP contribution in [-0.4, -0.2) is 43.1 Å². The van der Waals surface area contributed by atoms with Crippen molar-refractivity contribution in [2.75, 3.05) is 19.8 Å². The summed E-state index contributed by atoms with van der Waals surface area (Å²) in [5.74, 6) is -0.472. The number of benzene rings is 1. The Hall–Kier alpha value is -2.37. The van der Waals surface area contributed by atoms with E-state index in [0.717, 1.165) is 11.8 Å². The molecule has 0 aliphatic rings. The van der Waals surface area contributed by atoms with Crippen LogP contribution in [0.3, 0.4) is 0 Å². The van der Waals surface area contributed by atoms with E-state index >= 15 is 0 Å². The van der Waals surface area contributed by atoms with Gasteiger partial charge in [-0.25, -0.2) is 0 Å². The molecule has 6 nitrogen and oxygen atoms in total. The van der Waals surface area contributed by atoms with E-state index < -0.39 is 6.04 Å². The molecule has 1 aromatic rings. The molecular formula is C15H21N3O3. The molecule has 1 rings (SSSR count). The van der Waals surface area contributed by atoms with Crippen molar-refractivity contribution in [3.63, 3.8) is 0 Å². The topological polar surface area (TPSA) is 92.5 Å². The van der Waals surface area contributed by atoms with Crippen molar-refractivity contribution in [2.45, 2.75) is 25.3 Å². The third-order valence-electron chi connectivity index (χ3n) is 3.27. The lowest BCUT2D eigenvalue weighted by Crippen LogP contribution is -2.47. The average Bonchev–Trinajstić information content (AvgIpc) is 2.46. The molecule has 0 saturated carbocycles. The van der Waals surface area contributed by atoms with E-state index in [1.807, 2.05) is 6.07 Å². The molecule has 0 aliphatic carbocycles. The second-order valence-corrected chi connectivity index (χ2v) is 4.80. The van der Waals surface area contributed by atoms with E-state index in [9.17, 15) is 14.4 Å². The van der Waals surface area contributed by atoms with Gasteiger partial charge in [-0.05, 0) is 24.1 Å². The van der Waals surface area contributed by atoms with E-state index in [0.29, 0.717) is 12.1 Å². The average molecular weight is 291 g/mol. The standard InChI is InChI=1S/C15H21N3O3/c1-17-15(21)13(7-4-8-19)18(2)14(20)10-11-5-3-6-12(16)9-11/h3,5-6,8-9,13H,4,7,10,16H2,1-2H3,(H,17,21). The first kappa shape index (κ1) is 16.7. The molecule has 0 saturated heterocycles.